The number of likely N-dealkylation sites (N-methyl/N-ethyl adjacent to an activating group) is 1. The second-order valence-electron chi connectivity index (χ2n) is 11.1. The van der Waals surface area contributed by atoms with Gasteiger partial charge in [-0.2, -0.15) is 0 Å². The maximum absolute atomic E-state index is 14.0. The summed E-state index contributed by atoms with van der Waals surface area (Å²) < 4.78 is 9.85. The highest BCUT2D eigenvalue weighted by Gasteiger charge is 2.67. The van der Waals surface area contributed by atoms with Gasteiger partial charge in [0.2, 0.25) is 11.8 Å². The molecule has 238 valence electrons. The summed E-state index contributed by atoms with van der Waals surface area (Å²) in [6.45, 7) is 4.48. The Bertz CT molecular complexity index is 1500. The van der Waals surface area contributed by atoms with Crippen molar-refractivity contribution in [3.05, 3.63) is 45.9 Å². The van der Waals surface area contributed by atoms with Crippen molar-refractivity contribution >= 4 is 35.1 Å². The molecule has 0 heterocycles. The number of aliphatic hydroxyl groups is 4. The van der Waals surface area contributed by atoms with Crippen molar-refractivity contribution in [3.63, 3.8) is 0 Å². The van der Waals surface area contributed by atoms with Crippen molar-refractivity contribution in [2.45, 2.75) is 50.5 Å². The number of fused-ring (bicyclic) bond motifs is 3. The fraction of sp³-hybridized carbons (Fsp3) is 0.483. The molecule has 6 atom stereocenters. The number of esters is 2. The summed E-state index contributed by atoms with van der Waals surface area (Å²) in [6, 6.07) is -0.399. The van der Waals surface area contributed by atoms with Gasteiger partial charge in [-0.05, 0) is 45.5 Å². The van der Waals surface area contributed by atoms with E-state index in [1.54, 1.807) is 6.92 Å². The van der Waals surface area contributed by atoms with E-state index in [1.807, 2.05) is 0 Å². The van der Waals surface area contributed by atoms with E-state index in [4.69, 9.17) is 15.2 Å². The van der Waals surface area contributed by atoms with E-state index in [9.17, 15) is 49.5 Å². The average Bonchev–Trinajstić information content (AvgIpc) is 2.94. The number of aromatic hydroxyl groups is 1. The molecule has 8 N–H and O–H groups in total. The van der Waals surface area contributed by atoms with Crippen LogP contribution in [0.15, 0.2) is 34.8 Å². The molecule has 15 heteroatoms. The molecule has 0 bridgehead atoms. The number of primary amides is 1. The summed E-state index contributed by atoms with van der Waals surface area (Å²) in [5, 5.41) is 59.6. The molecule has 44 heavy (non-hydrogen) atoms. The number of benzene rings is 1. The van der Waals surface area contributed by atoms with Gasteiger partial charge >= 0.3 is 11.9 Å². The minimum atomic E-state index is -3.06. The maximum atomic E-state index is 14.0. The van der Waals surface area contributed by atoms with Gasteiger partial charge in [0.1, 0.15) is 22.8 Å². The molecule has 4 rings (SSSR count). The number of carbonyl (C=O) groups is 5. The highest BCUT2D eigenvalue weighted by molar-refractivity contribution is 6.25. The summed E-state index contributed by atoms with van der Waals surface area (Å²) >= 11 is 0. The summed E-state index contributed by atoms with van der Waals surface area (Å²) in [6.07, 6.45) is -1.75. The van der Waals surface area contributed by atoms with Crippen LogP contribution in [0.1, 0.15) is 42.6 Å². The number of hydrogen-bond donors (Lipinski definition) is 7. The first kappa shape index (κ1) is 32.4. The van der Waals surface area contributed by atoms with Gasteiger partial charge in [-0.15, -0.1) is 0 Å². The number of aliphatic hydroxyl groups excluding tert-OH is 3. The Balaban J connectivity index is 1.90. The third-order valence-corrected chi connectivity index (χ3v) is 8.48. The lowest BCUT2D eigenvalue weighted by Crippen LogP contribution is -2.68. The molecule has 3 aliphatic carbocycles. The Morgan fingerprint density at radius 2 is 1.64 bits per heavy atom. The molecule has 0 radical (unpaired) electrons. The third kappa shape index (κ3) is 4.58. The predicted molar refractivity (Wildman–Crippen MR) is 150 cm³/mol. The molecule has 3 aliphatic rings. The topological polar surface area (TPSA) is 246 Å². The molecule has 6 unspecified atom stereocenters. The van der Waals surface area contributed by atoms with Crippen molar-refractivity contribution in [2.75, 3.05) is 32.6 Å². The van der Waals surface area contributed by atoms with Gasteiger partial charge in [0.15, 0.2) is 11.4 Å². The normalized spacial score (nSPS) is 28.0. The summed E-state index contributed by atoms with van der Waals surface area (Å²) in [7, 11) is 2.88. The molecule has 0 spiro atoms. The lowest BCUT2D eigenvalue weighted by molar-refractivity contribution is -0.162. The zero-order valence-corrected chi connectivity index (χ0v) is 24.7. The van der Waals surface area contributed by atoms with Gasteiger partial charge in [-0.3, -0.25) is 19.3 Å². The molecule has 0 fully saturated rings. The second kappa shape index (κ2) is 11.6. The first-order chi connectivity index (χ1) is 20.6. The number of ketones is 2. The van der Waals surface area contributed by atoms with Crippen LogP contribution in [-0.2, 0) is 28.7 Å². The minimum Gasteiger partial charge on any atom is -0.510 e. The SMILES string of the molecule is CCOC(=O)C(Nc1ccc2c(c1O)C(=O)C1=C(O)C3(O)C(=O)C(C(N)=O)=C(O)C(N(C)C)C3C(O)C1C2C)C(=O)OCC. The minimum absolute atomic E-state index is 0.0680. The van der Waals surface area contributed by atoms with Gasteiger partial charge < -0.3 is 46.1 Å². The van der Waals surface area contributed by atoms with Crippen molar-refractivity contribution in [2.24, 2.45) is 17.6 Å². The standard InChI is InChI=1S/C29H35N3O12/c1-6-43-27(40)18(28(41)44-7-2)31-12-9-8-11-10(3)13-15(21(34)14(11)20(12)33)24(37)29(42)17(22(13)35)19(32(4)5)23(36)16(25(29)38)26(30)39/h8-10,13,17-19,22,31,33,35-37,42H,6-7H2,1-5H3,(H2,30,39). The van der Waals surface area contributed by atoms with Crippen LogP contribution in [0.4, 0.5) is 5.69 Å². The van der Waals surface area contributed by atoms with E-state index in [0.717, 1.165) is 0 Å². The van der Waals surface area contributed by atoms with Crippen LogP contribution < -0.4 is 11.1 Å². The van der Waals surface area contributed by atoms with Crippen LogP contribution in [-0.4, -0.2) is 111 Å². The van der Waals surface area contributed by atoms with E-state index < -0.39 is 105 Å². The maximum Gasteiger partial charge on any atom is 0.340 e. The zero-order chi connectivity index (χ0) is 33.0. The fourth-order valence-electron chi connectivity index (χ4n) is 6.56. The van der Waals surface area contributed by atoms with Crippen LogP contribution in [0.25, 0.3) is 0 Å². The lowest BCUT2D eigenvalue weighted by Gasteiger charge is -2.53. The summed E-state index contributed by atoms with van der Waals surface area (Å²) in [5.74, 6) is -12.5. The van der Waals surface area contributed by atoms with Gasteiger partial charge in [0.25, 0.3) is 5.91 Å². The summed E-state index contributed by atoms with van der Waals surface area (Å²) in [5.41, 5.74) is 0.206. The smallest absolute Gasteiger partial charge is 0.340 e. The van der Waals surface area contributed by atoms with E-state index >= 15 is 0 Å². The summed E-state index contributed by atoms with van der Waals surface area (Å²) in [4.78, 5) is 66.0. The number of hydrogen-bond acceptors (Lipinski definition) is 14. The number of amides is 1. The van der Waals surface area contributed by atoms with Crippen molar-refractivity contribution < 1.29 is 59.0 Å². The second-order valence-corrected chi connectivity index (χ2v) is 11.1. The number of carbonyl (C=O) groups excluding carboxylic acids is 5. The molecule has 0 aliphatic heterocycles. The van der Waals surface area contributed by atoms with Crippen molar-refractivity contribution in [1.29, 1.82) is 0 Å². The van der Waals surface area contributed by atoms with Crippen LogP contribution in [0.5, 0.6) is 5.75 Å². The fourth-order valence-corrected chi connectivity index (χ4v) is 6.56. The Kier molecular flexibility index (Phi) is 8.52. The number of phenolic OH excluding ortho intramolecular Hbond substituents is 1. The Morgan fingerprint density at radius 1 is 1.07 bits per heavy atom. The lowest BCUT2D eigenvalue weighted by atomic mass is 9.55. The third-order valence-electron chi connectivity index (χ3n) is 8.48. The quantitative estimate of drug-likeness (QED) is 0.0846. The first-order valence-corrected chi connectivity index (χ1v) is 13.9. The van der Waals surface area contributed by atoms with Crippen molar-refractivity contribution in [3.8, 4) is 5.75 Å². The van der Waals surface area contributed by atoms with E-state index in [2.05, 4.69) is 5.32 Å². The molecule has 1 aromatic carbocycles. The Labute approximate surface area is 251 Å². The number of nitrogens with one attached hydrogen (secondary N) is 1. The van der Waals surface area contributed by atoms with E-state index in [-0.39, 0.29) is 24.5 Å². The molecule has 0 saturated carbocycles. The number of nitrogens with two attached hydrogens (primary N) is 1. The van der Waals surface area contributed by atoms with Crippen LogP contribution in [0.2, 0.25) is 0 Å². The van der Waals surface area contributed by atoms with Crippen LogP contribution in [0.3, 0.4) is 0 Å². The highest BCUT2D eigenvalue weighted by Crippen LogP contribution is 2.56. The molecule has 0 saturated heterocycles. The number of Topliss-reactive ketones (excluding diaryl/α,β-unsaturated/α-hetero) is 2. The Hall–Kier alpha value is -4.47. The molecular formula is C29H35N3O12. The first-order valence-electron chi connectivity index (χ1n) is 13.9. The van der Waals surface area contributed by atoms with E-state index in [1.165, 1.54) is 45.0 Å². The number of anilines is 1. The zero-order valence-electron chi connectivity index (χ0n) is 24.7. The number of phenols is 1. The average molecular weight is 618 g/mol. The van der Waals surface area contributed by atoms with Crippen LogP contribution >= 0.6 is 0 Å². The predicted octanol–water partition coefficient (Wildman–Crippen LogP) is -0.441. The number of nitrogens with zero attached hydrogens (tertiary/aromatic N) is 1. The highest BCUT2D eigenvalue weighted by atomic mass is 16.6. The monoisotopic (exact) mass is 617 g/mol. The molecule has 0 aromatic heterocycles. The van der Waals surface area contributed by atoms with Crippen molar-refractivity contribution in [1.82, 2.24) is 4.90 Å². The largest absolute Gasteiger partial charge is 0.510 e. The molecule has 1 aromatic rings. The molecule has 1 amide bonds. The Morgan fingerprint density at radius 3 is 2.14 bits per heavy atom. The van der Waals surface area contributed by atoms with Gasteiger partial charge in [-0.1, -0.05) is 13.0 Å². The molecule has 15 nitrogen and oxygen atoms in total. The van der Waals surface area contributed by atoms with Gasteiger partial charge in [0, 0.05) is 11.5 Å². The number of ether oxygens (including phenoxy) is 2. The van der Waals surface area contributed by atoms with Gasteiger partial charge in [0.05, 0.1) is 42.5 Å². The van der Waals surface area contributed by atoms with Gasteiger partial charge in [-0.25, -0.2) is 9.59 Å². The number of rotatable bonds is 8. The van der Waals surface area contributed by atoms with E-state index in [0.29, 0.717) is 0 Å². The van der Waals surface area contributed by atoms with Crippen LogP contribution in [0, 0.1) is 11.8 Å². The molecular weight excluding hydrogens is 582 g/mol.